The van der Waals surface area contributed by atoms with Crippen LogP contribution in [0.2, 0.25) is 5.02 Å². The lowest BCUT2D eigenvalue weighted by atomic mass is 9.96. The third-order valence-corrected chi connectivity index (χ3v) is 2.95. The minimum atomic E-state index is -0.595. The van der Waals surface area contributed by atoms with Crippen LogP contribution >= 0.6 is 23.2 Å². The van der Waals surface area contributed by atoms with Gasteiger partial charge in [-0.15, -0.1) is 11.6 Å². The van der Waals surface area contributed by atoms with E-state index in [1.54, 1.807) is 20.1 Å². The van der Waals surface area contributed by atoms with Crippen molar-refractivity contribution in [2.45, 2.75) is 32.1 Å². The number of carbonyl (C=O) groups excluding carboxylic acids is 1. The zero-order valence-corrected chi connectivity index (χ0v) is 11.9. The van der Waals surface area contributed by atoms with Gasteiger partial charge in [0.1, 0.15) is 5.75 Å². The van der Waals surface area contributed by atoms with Crippen molar-refractivity contribution in [3.63, 3.8) is 0 Å². The lowest BCUT2D eigenvalue weighted by molar-refractivity contribution is 0.0988. The molecule has 0 aliphatic carbocycles. The number of ether oxygens (including phenoxy) is 1. The zero-order valence-electron chi connectivity index (χ0n) is 10.4. The molecule has 0 N–H and O–H groups in total. The molecule has 94 valence electrons. The van der Waals surface area contributed by atoms with Gasteiger partial charge in [0.15, 0.2) is 5.78 Å². The normalized spacial score (nSPS) is 12.6. The molecule has 0 fully saturated rings. The zero-order chi connectivity index (χ0) is 13.2. The molecule has 1 rings (SSSR count). The fourth-order valence-electron chi connectivity index (χ4n) is 1.67. The van der Waals surface area contributed by atoms with Crippen LogP contribution in [-0.4, -0.2) is 18.3 Å². The number of rotatable bonds is 4. The predicted molar refractivity (Wildman–Crippen MR) is 71.7 cm³/mol. The van der Waals surface area contributed by atoms with Crippen LogP contribution in [0.3, 0.4) is 0 Å². The van der Waals surface area contributed by atoms with Gasteiger partial charge in [0.05, 0.1) is 18.1 Å². The van der Waals surface area contributed by atoms with Gasteiger partial charge in [0.25, 0.3) is 0 Å². The molecule has 0 aliphatic rings. The van der Waals surface area contributed by atoms with Gasteiger partial charge in [0.2, 0.25) is 0 Å². The Hall–Kier alpha value is -0.730. The fraction of sp³-hybridized carbons (Fsp3) is 0.462. The third kappa shape index (κ3) is 3.14. The molecular formula is C13H16Cl2O2. The first-order chi connectivity index (χ1) is 7.88. The molecule has 0 saturated heterocycles. The minimum absolute atomic E-state index is 0.173. The summed E-state index contributed by atoms with van der Waals surface area (Å²) in [6.07, 6.45) is 0. The van der Waals surface area contributed by atoms with E-state index in [9.17, 15) is 4.79 Å². The molecule has 0 bridgehead atoms. The summed E-state index contributed by atoms with van der Waals surface area (Å²) in [5.74, 6) is 0.621. The number of halogens is 2. The van der Waals surface area contributed by atoms with Crippen molar-refractivity contribution in [2.24, 2.45) is 0 Å². The molecule has 0 radical (unpaired) electrons. The molecule has 0 amide bonds. The number of methoxy groups -OCH3 is 1. The van der Waals surface area contributed by atoms with Crippen molar-refractivity contribution < 1.29 is 9.53 Å². The van der Waals surface area contributed by atoms with Crippen LogP contribution < -0.4 is 4.74 Å². The van der Waals surface area contributed by atoms with E-state index in [-0.39, 0.29) is 11.7 Å². The van der Waals surface area contributed by atoms with E-state index in [4.69, 9.17) is 27.9 Å². The summed E-state index contributed by atoms with van der Waals surface area (Å²) in [5.41, 5.74) is 1.37. The molecule has 0 spiro atoms. The Kier molecular flexibility index (Phi) is 4.84. The van der Waals surface area contributed by atoms with Gasteiger partial charge < -0.3 is 4.74 Å². The molecule has 17 heavy (non-hydrogen) atoms. The number of ketones is 1. The largest absolute Gasteiger partial charge is 0.496 e. The first-order valence-corrected chi connectivity index (χ1v) is 6.25. The summed E-state index contributed by atoms with van der Waals surface area (Å²) in [6.45, 7) is 5.68. The number of Topliss-reactive ketones (excluding diaryl/α,β-unsaturated/α-hetero) is 1. The van der Waals surface area contributed by atoms with Gasteiger partial charge in [-0.2, -0.15) is 0 Å². The van der Waals surface area contributed by atoms with Crippen LogP contribution in [0.15, 0.2) is 12.1 Å². The van der Waals surface area contributed by atoms with Gasteiger partial charge in [-0.3, -0.25) is 4.79 Å². The second-order valence-electron chi connectivity index (χ2n) is 4.21. The minimum Gasteiger partial charge on any atom is -0.496 e. The van der Waals surface area contributed by atoms with E-state index in [1.165, 1.54) is 0 Å². The highest BCUT2D eigenvalue weighted by molar-refractivity contribution is 6.35. The Balaban J connectivity index is 3.43. The first kappa shape index (κ1) is 14.3. The third-order valence-electron chi connectivity index (χ3n) is 2.54. The summed E-state index contributed by atoms with van der Waals surface area (Å²) < 4.78 is 5.33. The molecule has 0 heterocycles. The van der Waals surface area contributed by atoms with Crippen molar-refractivity contribution in [3.8, 4) is 5.75 Å². The predicted octanol–water partition coefficient (Wildman–Crippen LogP) is 4.28. The second-order valence-corrected chi connectivity index (χ2v) is 5.30. The highest BCUT2D eigenvalue weighted by Gasteiger charge is 2.21. The molecule has 2 nitrogen and oxygen atoms in total. The maximum absolute atomic E-state index is 12.0. The smallest absolute Gasteiger partial charge is 0.184 e. The molecule has 1 atom stereocenters. The Bertz CT molecular complexity index is 426. The van der Waals surface area contributed by atoms with Crippen molar-refractivity contribution in [1.82, 2.24) is 0 Å². The monoisotopic (exact) mass is 274 g/mol. The topological polar surface area (TPSA) is 26.3 Å². The van der Waals surface area contributed by atoms with Crippen LogP contribution in [0, 0.1) is 0 Å². The average molecular weight is 275 g/mol. The molecule has 0 aromatic heterocycles. The number of alkyl halides is 1. The summed E-state index contributed by atoms with van der Waals surface area (Å²) in [5, 5.41) is -0.0717. The number of carbonyl (C=O) groups is 1. The molecule has 0 saturated carbocycles. The number of hydrogen-bond donors (Lipinski definition) is 0. The van der Waals surface area contributed by atoms with E-state index in [0.29, 0.717) is 16.3 Å². The van der Waals surface area contributed by atoms with E-state index < -0.39 is 5.38 Å². The summed E-state index contributed by atoms with van der Waals surface area (Å²) in [6, 6.07) is 3.42. The molecule has 0 aliphatic heterocycles. The molecule has 1 aromatic carbocycles. The standard InChI is InChI=1S/C13H16Cl2O2/c1-7(2)10-5-9(15)6-11(13(10)17-4)12(16)8(3)14/h5-8H,1-4H3. The Labute approximate surface area is 112 Å². The van der Waals surface area contributed by atoms with Crippen LogP contribution in [0.4, 0.5) is 0 Å². The lowest BCUT2D eigenvalue weighted by Crippen LogP contribution is -2.13. The van der Waals surface area contributed by atoms with Crippen LogP contribution in [0.25, 0.3) is 0 Å². The Morgan fingerprint density at radius 3 is 2.29 bits per heavy atom. The molecule has 4 heteroatoms. The van der Waals surface area contributed by atoms with Crippen LogP contribution in [-0.2, 0) is 0 Å². The van der Waals surface area contributed by atoms with Crippen molar-refractivity contribution in [2.75, 3.05) is 7.11 Å². The molecule has 1 aromatic rings. The quantitative estimate of drug-likeness (QED) is 0.605. The van der Waals surface area contributed by atoms with Gasteiger partial charge in [0, 0.05) is 5.02 Å². The maximum Gasteiger partial charge on any atom is 0.184 e. The van der Waals surface area contributed by atoms with E-state index in [0.717, 1.165) is 5.56 Å². The average Bonchev–Trinajstić information content (AvgIpc) is 2.26. The lowest BCUT2D eigenvalue weighted by Gasteiger charge is -2.16. The van der Waals surface area contributed by atoms with Crippen LogP contribution in [0.1, 0.15) is 42.6 Å². The van der Waals surface area contributed by atoms with Crippen molar-refractivity contribution in [3.05, 3.63) is 28.3 Å². The SMILES string of the molecule is COc1c(C(=O)C(C)Cl)cc(Cl)cc1C(C)C. The molecular weight excluding hydrogens is 259 g/mol. The van der Waals surface area contributed by atoms with Gasteiger partial charge in [-0.1, -0.05) is 25.4 Å². The van der Waals surface area contributed by atoms with Gasteiger partial charge in [-0.05, 0) is 30.5 Å². The summed E-state index contributed by atoms with van der Waals surface area (Å²) in [7, 11) is 1.55. The maximum atomic E-state index is 12.0. The molecule has 1 unspecified atom stereocenters. The summed E-state index contributed by atoms with van der Waals surface area (Å²) >= 11 is 11.8. The number of benzene rings is 1. The number of hydrogen-bond acceptors (Lipinski definition) is 2. The van der Waals surface area contributed by atoms with Crippen molar-refractivity contribution >= 4 is 29.0 Å². The van der Waals surface area contributed by atoms with Gasteiger partial charge in [-0.25, -0.2) is 0 Å². The van der Waals surface area contributed by atoms with Gasteiger partial charge >= 0.3 is 0 Å². The summed E-state index contributed by atoms with van der Waals surface area (Å²) in [4.78, 5) is 12.0. The highest BCUT2D eigenvalue weighted by Crippen LogP contribution is 2.34. The Morgan fingerprint density at radius 2 is 1.88 bits per heavy atom. The second kappa shape index (κ2) is 5.74. The van der Waals surface area contributed by atoms with Crippen molar-refractivity contribution in [1.29, 1.82) is 0 Å². The fourth-order valence-corrected chi connectivity index (χ4v) is 2.01. The highest BCUT2D eigenvalue weighted by atomic mass is 35.5. The van der Waals surface area contributed by atoms with Crippen LogP contribution in [0.5, 0.6) is 5.75 Å². The van der Waals surface area contributed by atoms with E-state index in [2.05, 4.69) is 0 Å². The Morgan fingerprint density at radius 1 is 1.29 bits per heavy atom. The van der Waals surface area contributed by atoms with E-state index >= 15 is 0 Å². The first-order valence-electron chi connectivity index (χ1n) is 5.44. The van der Waals surface area contributed by atoms with E-state index in [1.807, 2.05) is 19.9 Å².